The van der Waals surface area contributed by atoms with E-state index in [1.807, 2.05) is 40.4 Å². The van der Waals surface area contributed by atoms with Gasteiger partial charge in [0, 0.05) is 21.5 Å². The van der Waals surface area contributed by atoms with Crippen molar-refractivity contribution in [2.45, 2.75) is 19.9 Å². The highest BCUT2D eigenvalue weighted by molar-refractivity contribution is 7.12. The largest absolute Gasteiger partial charge is 0.306 e. The zero-order chi connectivity index (χ0) is 14.7. The highest BCUT2D eigenvalue weighted by Gasteiger charge is 2.16. The Morgan fingerprint density at radius 2 is 2.00 bits per heavy atom. The number of nitrogens with zero attached hydrogens (tertiary/aromatic N) is 2. The van der Waals surface area contributed by atoms with Crippen molar-refractivity contribution in [3.63, 3.8) is 0 Å². The molecule has 0 aliphatic rings. The lowest BCUT2D eigenvalue weighted by Gasteiger charge is -2.14. The van der Waals surface area contributed by atoms with Crippen LogP contribution in [0.4, 0.5) is 0 Å². The lowest BCUT2D eigenvalue weighted by atomic mass is 10.1. The first-order chi connectivity index (χ1) is 10.3. The van der Waals surface area contributed by atoms with Gasteiger partial charge in [-0.3, -0.25) is 0 Å². The summed E-state index contributed by atoms with van der Waals surface area (Å²) in [6.45, 7) is 5.21. The van der Waals surface area contributed by atoms with Gasteiger partial charge in [0.05, 0.1) is 17.9 Å². The van der Waals surface area contributed by atoms with Crippen LogP contribution in [0.5, 0.6) is 0 Å². The summed E-state index contributed by atoms with van der Waals surface area (Å²) in [4.78, 5) is 2.67. The van der Waals surface area contributed by atoms with E-state index in [1.165, 1.54) is 15.3 Å². The Morgan fingerprint density at radius 1 is 1.19 bits per heavy atom. The van der Waals surface area contributed by atoms with Crippen LogP contribution in [0.2, 0.25) is 0 Å². The summed E-state index contributed by atoms with van der Waals surface area (Å²) in [5.74, 6) is 0. The molecule has 3 aromatic rings. The molecule has 0 saturated heterocycles. The van der Waals surface area contributed by atoms with Gasteiger partial charge in [0.25, 0.3) is 0 Å². The van der Waals surface area contributed by atoms with Gasteiger partial charge in [-0.2, -0.15) is 5.10 Å². The van der Waals surface area contributed by atoms with Crippen molar-refractivity contribution in [2.24, 2.45) is 0 Å². The van der Waals surface area contributed by atoms with Crippen molar-refractivity contribution >= 4 is 11.3 Å². The SMILES string of the molecule is CCNC(c1cnn(-c2ccccc2)c1)c1ccc(C)s1. The molecule has 0 aliphatic heterocycles. The molecule has 1 unspecified atom stereocenters. The lowest BCUT2D eigenvalue weighted by Crippen LogP contribution is -2.20. The Bertz CT molecular complexity index is 700. The Labute approximate surface area is 129 Å². The second kappa shape index (κ2) is 6.24. The molecule has 0 amide bonds. The standard InChI is InChI=1S/C17H19N3S/c1-3-18-17(16-10-9-13(2)21-16)14-11-19-20(12-14)15-7-5-4-6-8-15/h4-12,17-18H,3H2,1-2H3. The zero-order valence-electron chi connectivity index (χ0n) is 12.3. The molecule has 1 N–H and O–H groups in total. The number of aromatic nitrogens is 2. The number of thiophene rings is 1. The second-order valence-corrected chi connectivity index (χ2v) is 6.31. The molecule has 1 atom stereocenters. The zero-order valence-corrected chi connectivity index (χ0v) is 13.1. The molecule has 2 heterocycles. The molecule has 2 aromatic heterocycles. The molecule has 0 fully saturated rings. The number of nitrogens with one attached hydrogen (secondary N) is 1. The van der Waals surface area contributed by atoms with Gasteiger partial charge in [0.1, 0.15) is 0 Å². The van der Waals surface area contributed by atoms with Gasteiger partial charge in [-0.05, 0) is 37.7 Å². The predicted molar refractivity (Wildman–Crippen MR) is 88.1 cm³/mol. The molecule has 21 heavy (non-hydrogen) atoms. The van der Waals surface area contributed by atoms with Crippen molar-refractivity contribution in [1.29, 1.82) is 0 Å². The minimum atomic E-state index is 0.214. The second-order valence-electron chi connectivity index (χ2n) is 4.99. The highest BCUT2D eigenvalue weighted by Crippen LogP contribution is 2.28. The summed E-state index contributed by atoms with van der Waals surface area (Å²) in [7, 11) is 0. The minimum Gasteiger partial charge on any atom is -0.306 e. The number of para-hydroxylation sites is 1. The van der Waals surface area contributed by atoms with Gasteiger partial charge in [0.2, 0.25) is 0 Å². The summed E-state index contributed by atoms with van der Waals surface area (Å²) in [6.07, 6.45) is 4.06. The molecule has 0 aliphatic carbocycles. The van der Waals surface area contributed by atoms with Crippen LogP contribution < -0.4 is 5.32 Å². The van der Waals surface area contributed by atoms with Gasteiger partial charge in [0.15, 0.2) is 0 Å². The van der Waals surface area contributed by atoms with Crippen molar-refractivity contribution in [2.75, 3.05) is 6.54 Å². The van der Waals surface area contributed by atoms with E-state index in [9.17, 15) is 0 Å². The van der Waals surface area contributed by atoms with Gasteiger partial charge in [-0.25, -0.2) is 4.68 Å². The first kappa shape index (κ1) is 14.0. The third-order valence-corrected chi connectivity index (χ3v) is 4.48. The lowest BCUT2D eigenvalue weighted by molar-refractivity contribution is 0.639. The van der Waals surface area contributed by atoms with Crippen LogP contribution >= 0.6 is 11.3 Å². The number of hydrogen-bond acceptors (Lipinski definition) is 3. The maximum atomic E-state index is 4.50. The summed E-state index contributed by atoms with van der Waals surface area (Å²) < 4.78 is 1.93. The number of rotatable bonds is 5. The van der Waals surface area contributed by atoms with Crippen molar-refractivity contribution < 1.29 is 0 Å². The third-order valence-electron chi connectivity index (χ3n) is 3.41. The fourth-order valence-corrected chi connectivity index (χ4v) is 3.38. The molecule has 0 radical (unpaired) electrons. The van der Waals surface area contributed by atoms with Gasteiger partial charge >= 0.3 is 0 Å². The topological polar surface area (TPSA) is 29.9 Å². The summed E-state index contributed by atoms with van der Waals surface area (Å²) in [6, 6.07) is 14.8. The molecule has 0 spiro atoms. The Morgan fingerprint density at radius 3 is 2.67 bits per heavy atom. The summed E-state index contributed by atoms with van der Waals surface area (Å²) in [5, 5.41) is 8.05. The maximum absolute atomic E-state index is 4.50. The van der Waals surface area contributed by atoms with Crippen molar-refractivity contribution in [3.05, 3.63) is 70.2 Å². The Hall–Kier alpha value is -1.91. The van der Waals surface area contributed by atoms with E-state index >= 15 is 0 Å². The average molecular weight is 297 g/mol. The molecule has 1 aromatic carbocycles. The van der Waals surface area contributed by atoms with Crippen LogP contribution in [-0.2, 0) is 0 Å². The molecule has 3 nitrogen and oxygen atoms in total. The van der Waals surface area contributed by atoms with E-state index in [0.717, 1.165) is 12.2 Å². The van der Waals surface area contributed by atoms with Crippen LogP contribution in [0.15, 0.2) is 54.9 Å². The fraction of sp³-hybridized carbons (Fsp3) is 0.235. The van der Waals surface area contributed by atoms with E-state index in [4.69, 9.17) is 0 Å². The summed E-state index contributed by atoms with van der Waals surface area (Å²) >= 11 is 1.84. The molecule has 108 valence electrons. The quantitative estimate of drug-likeness (QED) is 0.773. The van der Waals surface area contributed by atoms with Gasteiger partial charge < -0.3 is 5.32 Å². The van der Waals surface area contributed by atoms with E-state index in [0.29, 0.717) is 0 Å². The Balaban J connectivity index is 1.92. The predicted octanol–water partition coefficient (Wildman–Crippen LogP) is 3.94. The van der Waals surface area contributed by atoms with E-state index in [-0.39, 0.29) is 6.04 Å². The normalized spacial score (nSPS) is 12.5. The molecular formula is C17H19N3S. The number of aryl methyl sites for hydroxylation is 1. The van der Waals surface area contributed by atoms with Crippen LogP contribution in [-0.4, -0.2) is 16.3 Å². The molecule has 3 rings (SSSR count). The highest BCUT2D eigenvalue weighted by atomic mass is 32.1. The van der Waals surface area contributed by atoms with E-state index in [2.05, 4.69) is 54.7 Å². The van der Waals surface area contributed by atoms with Crippen LogP contribution in [0.1, 0.15) is 28.3 Å². The summed E-state index contributed by atoms with van der Waals surface area (Å²) in [5.41, 5.74) is 2.28. The van der Waals surface area contributed by atoms with Crippen LogP contribution in [0.25, 0.3) is 5.69 Å². The maximum Gasteiger partial charge on any atom is 0.0702 e. The fourth-order valence-electron chi connectivity index (χ4n) is 2.40. The van der Waals surface area contributed by atoms with E-state index < -0.39 is 0 Å². The first-order valence-corrected chi connectivity index (χ1v) is 7.99. The number of benzene rings is 1. The average Bonchev–Trinajstić information content (AvgIpc) is 3.15. The van der Waals surface area contributed by atoms with Crippen molar-refractivity contribution in [1.82, 2.24) is 15.1 Å². The monoisotopic (exact) mass is 297 g/mol. The third kappa shape index (κ3) is 3.06. The van der Waals surface area contributed by atoms with Gasteiger partial charge in [-0.15, -0.1) is 11.3 Å². The molecule has 0 bridgehead atoms. The van der Waals surface area contributed by atoms with Gasteiger partial charge in [-0.1, -0.05) is 25.1 Å². The molecular weight excluding hydrogens is 278 g/mol. The van der Waals surface area contributed by atoms with E-state index in [1.54, 1.807) is 0 Å². The minimum absolute atomic E-state index is 0.214. The smallest absolute Gasteiger partial charge is 0.0702 e. The Kier molecular flexibility index (Phi) is 4.18. The van der Waals surface area contributed by atoms with Crippen LogP contribution in [0.3, 0.4) is 0 Å². The van der Waals surface area contributed by atoms with Crippen LogP contribution in [0, 0.1) is 6.92 Å². The first-order valence-electron chi connectivity index (χ1n) is 7.17. The van der Waals surface area contributed by atoms with Crippen molar-refractivity contribution in [3.8, 4) is 5.69 Å². The number of hydrogen-bond donors (Lipinski definition) is 1. The molecule has 4 heteroatoms. The molecule has 0 saturated carbocycles.